The predicted molar refractivity (Wildman–Crippen MR) is 72.6 cm³/mol. The number of rotatable bonds is 3. The van der Waals surface area contributed by atoms with Crippen LogP contribution in [0.2, 0.25) is 0 Å². The summed E-state index contributed by atoms with van der Waals surface area (Å²) in [6.07, 6.45) is 5.93. The van der Waals surface area contributed by atoms with Crippen molar-refractivity contribution in [1.29, 1.82) is 0 Å². The summed E-state index contributed by atoms with van der Waals surface area (Å²) in [4.78, 5) is 24.9. The maximum Gasteiger partial charge on any atom is 0.217 e. The average Bonchev–Trinajstić information content (AvgIpc) is 2.87. The molecule has 1 saturated heterocycles. The van der Waals surface area contributed by atoms with Gasteiger partial charge in [-0.1, -0.05) is 0 Å². The van der Waals surface area contributed by atoms with Crippen LogP contribution in [0.15, 0.2) is 18.6 Å². The predicted octanol–water partition coefficient (Wildman–Crippen LogP) is 1.05. The summed E-state index contributed by atoms with van der Waals surface area (Å²) in [6, 6.07) is 2.00. The summed E-state index contributed by atoms with van der Waals surface area (Å²) in [5.41, 5.74) is 6.12. The standard InChI is InChI=1S/C13H17N5O/c14-11(19)7-9-2-5-18(6-3-9)13-10-1-4-15-12(10)16-8-17-13/h1,4,8-9H,2-3,5-7H2,(H2,14,19)(H,15,16,17). The molecule has 6 heteroatoms. The number of anilines is 1. The molecule has 0 spiro atoms. The lowest BCUT2D eigenvalue weighted by molar-refractivity contribution is -0.119. The summed E-state index contributed by atoms with van der Waals surface area (Å²) in [7, 11) is 0. The number of nitrogens with two attached hydrogens (primary N) is 1. The first-order chi connectivity index (χ1) is 9.24. The van der Waals surface area contributed by atoms with E-state index in [1.165, 1.54) is 0 Å². The molecule has 1 amide bonds. The lowest BCUT2D eigenvalue weighted by Gasteiger charge is -2.32. The fourth-order valence-corrected chi connectivity index (χ4v) is 2.74. The molecule has 100 valence electrons. The maximum absolute atomic E-state index is 10.9. The van der Waals surface area contributed by atoms with E-state index in [1.54, 1.807) is 6.33 Å². The molecular weight excluding hydrogens is 242 g/mol. The van der Waals surface area contributed by atoms with Crippen molar-refractivity contribution in [1.82, 2.24) is 15.0 Å². The van der Waals surface area contributed by atoms with Gasteiger partial charge in [0.15, 0.2) is 0 Å². The van der Waals surface area contributed by atoms with Crippen molar-refractivity contribution >= 4 is 22.8 Å². The third-order valence-electron chi connectivity index (χ3n) is 3.74. The first-order valence-corrected chi connectivity index (χ1v) is 6.55. The minimum atomic E-state index is -0.200. The van der Waals surface area contributed by atoms with Crippen LogP contribution in [0.4, 0.5) is 5.82 Å². The first-order valence-electron chi connectivity index (χ1n) is 6.55. The number of hydrogen-bond donors (Lipinski definition) is 2. The molecule has 3 rings (SSSR count). The first kappa shape index (κ1) is 12.0. The third kappa shape index (κ3) is 2.38. The van der Waals surface area contributed by atoms with Crippen LogP contribution in [-0.2, 0) is 4.79 Å². The smallest absolute Gasteiger partial charge is 0.217 e. The lowest BCUT2D eigenvalue weighted by atomic mass is 9.93. The monoisotopic (exact) mass is 259 g/mol. The van der Waals surface area contributed by atoms with E-state index in [0.717, 1.165) is 42.8 Å². The number of piperidine rings is 1. The quantitative estimate of drug-likeness (QED) is 0.862. The number of nitrogens with zero attached hydrogens (tertiary/aromatic N) is 3. The van der Waals surface area contributed by atoms with Crippen LogP contribution in [-0.4, -0.2) is 33.9 Å². The summed E-state index contributed by atoms with van der Waals surface area (Å²) < 4.78 is 0. The fraction of sp³-hybridized carbons (Fsp3) is 0.462. The second-order valence-corrected chi connectivity index (χ2v) is 5.04. The van der Waals surface area contributed by atoms with Gasteiger partial charge < -0.3 is 15.6 Å². The molecule has 3 heterocycles. The second kappa shape index (κ2) is 4.87. The van der Waals surface area contributed by atoms with Crippen LogP contribution in [0.1, 0.15) is 19.3 Å². The average molecular weight is 259 g/mol. The Morgan fingerprint density at radius 1 is 1.42 bits per heavy atom. The summed E-state index contributed by atoms with van der Waals surface area (Å²) in [6.45, 7) is 1.82. The Morgan fingerprint density at radius 3 is 2.95 bits per heavy atom. The number of fused-ring (bicyclic) bond motifs is 1. The van der Waals surface area contributed by atoms with Gasteiger partial charge in [0.05, 0.1) is 5.39 Å². The summed E-state index contributed by atoms with van der Waals surface area (Å²) in [5.74, 6) is 1.19. The molecule has 0 radical (unpaired) electrons. The molecule has 0 aliphatic carbocycles. The van der Waals surface area contributed by atoms with Gasteiger partial charge in [-0.05, 0) is 24.8 Å². The molecule has 6 nitrogen and oxygen atoms in total. The highest BCUT2D eigenvalue weighted by atomic mass is 16.1. The van der Waals surface area contributed by atoms with Crippen LogP contribution < -0.4 is 10.6 Å². The number of hydrogen-bond acceptors (Lipinski definition) is 4. The molecular formula is C13H17N5O. The van der Waals surface area contributed by atoms with Crippen LogP contribution in [0.25, 0.3) is 11.0 Å². The largest absolute Gasteiger partial charge is 0.370 e. The number of amides is 1. The van der Waals surface area contributed by atoms with Gasteiger partial charge in [0, 0.05) is 25.7 Å². The SMILES string of the molecule is NC(=O)CC1CCN(c2ncnc3[nH]ccc23)CC1. The van der Waals surface area contributed by atoms with Crippen molar-refractivity contribution in [3.63, 3.8) is 0 Å². The number of carbonyl (C=O) groups is 1. The van der Waals surface area contributed by atoms with Crippen molar-refractivity contribution in [2.45, 2.75) is 19.3 Å². The Balaban J connectivity index is 1.75. The van der Waals surface area contributed by atoms with Crippen molar-refractivity contribution in [3.05, 3.63) is 18.6 Å². The molecule has 3 N–H and O–H groups in total. The van der Waals surface area contributed by atoms with E-state index in [2.05, 4.69) is 19.9 Å². The molecule has 0 saturated carbocycles. The number of aromatic amines is 1. The van der Waals surface area contributed by atoms with Gasteiger partial charge in [0.1, 0.15) is 17.8 Å². The highest BCUT2D eigenvalue weighted by Crippen LogP contribution is 2.27. The number of primary amides is 1. The van der Waals surface area contributed by atoms with E-state index in [4.69, 9.17) is 5.73 Å². The highest BCUT2D eigenvalue weighted by Gasteiger charge is 2.22. The summed E-state index contributed by atoms with van der Waals surface area (Å²) in [5, 5.41) is 1.05. The zero-order chi connectivity index (χ0) is 13.2. The van der Waals surface area contributed by atoms with E-state index < -0.39 is 0 Å². The van der Waals surface area contributed by atoms with Crippen LogP contribution in [0.5, 0.6) is 0 Å². The second-order valence-electron chi connectivity index (χ2n) is 5.04. The van der Waals surface area contributed by atoms with Crippen molar-refractivity contribution in [2.24, 2.45) is 11.7 Å². The molecule has 1 aliphatic heterocycles. The third-order valence-corrected chi connectivity index (χ3v) is 3.74. The Hall–Kier alpha value is -2.11. The van der Waals surface area contributed by atoms with E-state index in [9.17, 15) is 4.79 Å². The zero-order valence-corrected chi connectivity index (χ0v) is 10.7. The zero-order valence-electron chi connectivity index (χ0n) is 10.7. The van der Waals surface area contributed by atoms with E-state index in [1.807, 2.05) is 12.3 Å². The minimum absolute atomic E-state index is 0.200. The van der Waals surface area contributed by atoms with Gasteiger partial charge in [-0.3, -0.25) is 4.79 Å². The Morgan fingerprint density at radius 2 is 2.21 bits per heavy atom. The lowest BCUT2D eigenvalue weighted by Crippen LogP contribution is -2.35. The van der Waals surface area contributed by atoms with Gasteiger partial charge >= 0.3 is 0 Å². The van der Waals surface area contributed by atoms with Crippen LogP contribution >= 0.6 is 0 Å². The van der Waals surface area contributed by atoms with Crippen LogP contribution in [0.3, 0.4) is 0 Å². The Labute approximate surface area is 111 Å². The van der Waals surface area contributed by atoms with E-state index in [-0.39, 0.29) is 5.91 Å². The van der Waals surface area contributed by atoms with Crippen molar-refractivity contribution < 1.29 is 4.79 Å². The number of nitrogens with one attached hydrogen (secondary N) is 1. The molecule has 19 heavy (non-hydrogen) atoms. The van der Waals surface area contributed by atoms with E-state index in [0.29, 0.717) is 12.3 Å². The molecule has 0 atom stereocenters. The van der Waals surface area contributed by atoms with Crippen molar-refractivity contribution in [2.75, 3.05) is 18.0 Å². The molecule has 1 fully saturated rings. The molecule has 0 bridgehead atoms. The molecule has 0 unspecified atom stereocenters. The highest BCUT2D eigenvalue weighted by molar-refractivity contribution is 5.87. The fourth-order valence-electron chi connectivity index (χ4n) is 2.74. The van der Waals surface area contributed by atoms with Gasteiger partial charge in [-0.25, -0.2) is 9.97 Å². The van der Waals surface area contributed by atoms with Gasteiger partial charge in [-0.2, -0.15) is 0 Å². The number of H-pyrrole nitrogens is 1. The number of aromatic nitrogens is 3. The van der Waals surface area contributed by atoms with Crippen LogP contribution in [0, 0.1) is 5.92 Å². The Bertz CT molecular complexity index is 585. The molecule has 2 aromatic rings. The molecule has 1 aliphatic rings. The molecule has 2 aromatic heterocycles. The Kier molecular flexibility index (Phi) is 3.06. The van der Waals surface area contributed by atoms with Gasteiger partial charge in [0.2, 0.25) is 5.91 Å². The normalized spacial score (nSPS) is 16.9. The van der Waals surface area contributed by atoms with Crippen molar-refractivity contribution in [3.8, 4) is 0 Å². The minimum Gasteiger partial charge on any atom is -0.370 e. The van der Waals surface area contributed by atoms with E-state index >= 15 is 0 Å². The van der Waals surface area contributed by atoms with Gasteiger partial charge in [0.25, 0.3) is 0 Å². The number of carbonyl (C=O) groups excluding carboxylic acids is 1. The molecule has 0 aromatic carbocycles. The topological polar surface area (TPSA) is 87.9 Å². The van der Waals surface area contributed by atoms with Gasteiger partial charge in [-0.15, -0.1) is 0 Å². The maximum atomic E-state index is 10.9. The summed E-state index contributed by atoms with van der Waals surface area (Å²) >= 11 is 0.